The fraction of sp³-hybridized carbons (Fsp3) is 0.348. The summed E-state index contributed by atoms with van der Waals surface area (Å²) in [6, 6.07) is 10.5. The number of fused-ring (bicyclic) bond motifs is 1. The number of nitrogens with two attached hydrogens (primary N) is 2. The van der Waals surface area contributed by atoms with Crippen molar-refractivity contribution < 1.29 is 4.39 Å². The first-order valence-corrected chi connectivity index (χ1v) is 9.76. The summed E-state index contributed by atoms with van der Waals surface area (Å²) < 4.78 is 13.4. The Morgan fingerprint density at radius 3 is 2.67 bits per heavy atom. The quantitative estimate of drug-likeness (QED) is 0.819. The van der Waals surface area contributed by atoms with E-state index in [2.05, 4.69) is 11.1 Å². The van der Waals surface area contributed by atoms with Crippen LogP contribution in [0.15, 0.2) is 60.1 Å². The molecule has 0 amide bonds. The summed E-state index contributed by atoms with van der Waals surface area (Å²) in [6.45, 7) is 0. The highest BCUT2D eigenvalue weighted by Gasteiger charge is 2.36. The van der Waals surface area contributed by atoms with Crippen molar-refractivity contribution >= 4 is 6.08 Å². The first-order valence-electron chi connectivity index (χ1n) is 9.76. The topological polar surface area (TPSA) is 64.9 Å². The Hall–Kier alpha value is -2.62. The Morgan fingerprint density at radius 2 is 1.89 bits per heavy atom. The number of halogens is 1. The van der Waals surface area contributed by atoms with Crippen LogP contribution in [-0.4, -0.2) is 4.98 Å². The Labute approximate surface area is 160 Å². The molecule has 1 fully saturated rings. The van der Waals surface area contributed by atoms with Crippen molar-refractivity contribution in [2.24, 2.45) is 29.2 Å². The van der Waals surface area contributed by atoms with Gasteiger partial charge in [-0.15, -0.1) is 0 Å². The van der Waals surface area contributed by atoms with Gasteiger partial charge >= 0.3 is 0 Å². The monoisotopic (exact) mass is 363 g/mol. The van der Waals surface area contributed by atoms with Crippen LogP contribution in [0.1, 0.15) is 37.8 Å². The second-order valence-electron chi connectivity index (χ2n) is 7.76. The summed E-state index contributed by atoms with van der Waals surface area (Å²) in [5, 5.41) is 0. The van der Waals surface area contributed by atoms with Crippen LogP contribution < -0.4 is 11.5 Å². The summed E-state index contributed by atoms with van der Waals surface area (Å²) in [4.78, 5) is 4.52. The van der Waals surface area contributed by atoms with E-state index in [9.17, 15) is 4.39 Å². The molecular weight excluding hydrogens is 337 g/mol. The van der Waals surface area contributed by atoms with Crippen molar-refractivity contribution in [3.8, 4) is 11.1 Å². The molecule has 1 saturated carbocycles. The van der Waals surface area contributed by atoms with E-state index in [1.165, 1.54) is 37.8 Å². The van der Waals surface area contributed by atoms with Gasteiger partial charge < -0.3 is 11.5 Å². The third-order valence-electron chi connectivity index (χ3n) is 6.06. The molecule has 0 bridgehead atoms. The standard InChI is InChI=1S/C23H26FN3/c24-18-6-3-5-15(12-18)17-8-9-19(27-14-17)10-11-21-20-7-2-1-4-16(20)13-22(25)23(21)26/h3,5-6,8-12,14,16,20-21H,1-2,4,7,13,25-26H2/b11-10+. The minimum absolute atomic E-state index is 0.203. The molecule has 140 valence electrons. The molecule has 2 aliphatic carbocycles. The molecule has 0 aliphatic heterocycles. The van der Waals surface area contributed by atoms with E-state index in [1.807, 2.05) is 24.3 Å². The maximum atomic E-state index is 13.4. The second kappa shape index (κ2) is 7.55. The van der Waals surface area contributed by atoms with Crippen LogP contribution in [0.5, 0.6) is 0 Å². The highest BCUT2D eigenvalue weighted by atomic mass is 19.1. The molecule has 4 heteroatoms. The van der Waals surface area contributed by atoms with Gasteiger partial charge in [-0.25, -0.2) is 4.39 Å². The molecular formula is C23H26FN3. The molecule has 4 rings (SSSR count). The number of hydrogen-bond acceptors (Lipinski definition) is 3. The zero-order valence-electron chi connectivity index (χ0n) is 15.4. The fourth-order valence-electron chi connectivity index (χ4n) is 4.60. The first kappa shape index (κ1) is 17.8. The number of benzene rings is 1. The molecule has 4 N–H and O–H groups in total. The fourth-order valence-corrected chi connectivity index (χ4v) is 4.60. The number of nitrogens with zero attached hydrogens (tertiary/aromatic N) is 1. The predicted molar refractivity (Wildman–Crippen MR) is 108 cm³/mol. The largest absolute Gasteiger partial charge is 0.401 e. The smallest absolute Gasteiger partial charge is 0.123 e. The Morgan fingerprint density at radius 1 is 1.04 bits per heavy atom. The van der Waals surface area contributed by atoms with Crippen LogP contribution in [0.25, 0.3) is 17.2 Å². The molecule has 0 saturated heterocycles. The van der Waals surface area contributed by atoms with Gasteiger partial charge in [-0.1, -0.05) is 37.1 Å². The van der Waals surface area contributed by atoms with Crippen LogP contribution >= 0.6 is 0 Å². The van der Waals surface area contributed by atoms with Gasteiger partial charge in [-0.2, -0.15) is 0 Å². The van der Waals surface area contributed by atoms with Crippen LogP contribution in [-0.2, 0) is 0 Å². The second-order valence-corrected chi connectivity index (χ2v) is 7.76. The lowest BCUT2D eigenvalue weighted by Gasteiger charge is -2.40. The van der Waals surface area contributed by atoms with E-state index in [-0.39, 0.29) is 11.7 Å². The van der Waals surface area contributed by atoms with E-state index in [0.29, 0.717) is 11.8 Å². The summed E-state index contributed by atoms with van der Waals surface area (Å²) in [6.07, 6.45) is 12.0. The van der Waals surface area contributed by atoms with Gasteiger partial charge in [0.1, 0.15) is 5.82 Å². The summed E-state index contributed by atoms with van der Waals surface area (Å²) in [7, 11) is 0. The van der Waals surface area contributed by atoms with Crippen LogP contribution in [0, 0.1) is 23.6 Å². The highest BCUT2D eigenvalue weighted by molar-refractivity contribution is 5.63. The van der Waals surface area contributed by atoms with E-state index in [1.54, 1.807) is 12.3 Å². The zero-order valence-corrected chi connectivity index (χ0v) is 15.4. The van der Waals surface area contributed by atoms with Crippen molar-refractivity contribution in [2.45, 2.75) is 32.1 Å². The lowest BCUT2D eigenvalue weighted by Crippen LogP contribution is -2.36. The molecule has 1 heterocycles. The van der Waals surface area contributed by atoms with Gasteiger partial charge in [-0.05, 0) is 60.9 Å². The number of aromatic nitrogens is 1. The van der Waals surface area contributed by atoms with Gasteiger partial charge in [0.2, 0.25) is 0 Å². The third kappa shape index (κ3) is 3.75. The molecule has 2 aliphatic rings. The summed E-state index contributed by atoms with van der Waals surface area (Å²) in [5.74, 6) is 1.21. The van der Waals surface area contributed by atoms with Crippen LogP contribution in [0.2, 0.25) is 0 Å². The van der Waals surface area contributed by atoms with Crippen molar-refractivity contribution in [3.05, 3.63) is 71.6 Å². The number of rotatable bonds is 3. The van der Waals surface area contributed by atoms with Crippen LogP contribution in [0.3, 0.4) is 0 Å². The lowest BCUT2D eigenvalue weighted by molar-refractivity contribution is 0.184. The van der Waals surface area contributed by atoms with E-state index < -0.39 is 0 Å². The average Bonchev–Trinajstić information content (AvgIpc) is 2.69. The third-order valence-corrected chi connectivity index (χ3v) is 6.06. The van der Waals surface area contributed by atoms with E-state index in [0.717, 1.165) is 34.6 Å². The Kier molecular flexibility index (Phi) is 4.97. The molecule has 1 aromatic carbocycles. The van der Waals surface area contributed by atoms with E-state index in [4.69, 9.17) is 11.5 Å². The number of hydrogen-bond donors (Lipinski definition) is 2. The van der Waals surface area contributed by atoms with Crippen molar-refractivity contribution in [2.75, 3.05) is 0 Å². The molecule has 2 aromatic rings. The van der Waals surface area contributed by atoms with Gasteiger partial charge in [-0.3, -0.25) is 4.98 Å². The molecule has 1 aromatic heterocycles. The SMILES string of the molecule is NC1=C(N)C(/C=C/c2ccc(-c3cccc(F)c3)cn2)C2CCCCC2C1. The minimum atomic E-state index is -0.240. The zero-order chi connectivity index (χ0) is 18.8. The number of allylic oxidation sites excluding steroid dienone is 2. The normalized spacial score (nSPS) is 25.6. The van der Waals surface area contributed by atoms with Crippen molar-refractivity contribution in [1.29, 1.82) is 0 Å². The maximum Gasteiger partial charge on any atom is 0.123 e. The van der Waals surface area contributed by atoms with Crippen molar-refractivity contribution in [3.63, 3.8) is 0 Å². The van der Waals surface area contributed by atoms with Gasteiger partial charge in [0.05, 0.1) is 5.69 Å². The summed E-state index contributed by atoms with van der Waals surface area (Å²) in [5.41, 5.74) is 16.9. The molecule has 3 atom stereocenters. The predicted octanol–water partition coefficient (Wildman–Crippen LogP) is 4.86. The van der Waals surface area contributed by atoms with Crippen LogP contribution in [0.4, 0.5) is 4.39 Å². The Balaban J connectivity index is 1.54. The molecule has 3 unspecified atom stereocenters. The first-order chi connectivity index (χ1) is 13.1. The average molecular weight is 363 g/mol. The summed E-state index contributed by atoms with van der Waals surface area (Å²) >= 11 is 0. The van der Waals surface area contributed by atoms with E-state index >= 15 is 0 Å². The van der Waals surface area contributed by atoms with Gasteiger partial charge in [0.25, 0.3) is 0 Å². The minimum Gasteiger partial charge on any atom is -0.401 e. The van der Waals surface area contributed by atoms with Crippen molar-refractivity contribution in [1.82, 2.24) is 4.98 Å². The molecule has 0 spiro atoms. The molecule has 3 nitrogen and oxygen atoms in total. The molecule has 27 heavy (non-hydrogen) atoms. The highest BCUT2D eigenvalue weighted by Crippen LogP contribution is 2.44. The molecule has 0 radical (unpaired) electrons. The van der Waals surface area contributed by atoms with Gasteiger partial charge in [0, 0.05) is 29.1 Å². The lowest BCUT2D eigenvalue weighted by atomic mass is 9.66. The number of pyridine rings is 1. The van der Waals surface area contributed by atoms with Gasteiger partial charge in [0.15, 0.2) is 0 Å². The maximum absolute atomic E-state index is 13.4. The Bertz CT molecular complexity index is 869.